The predicted molar refractivity (Wildman–Crippen MR) is 125 cm³/mol. The highest BCUT2D eigenvalue weighted by Crippen LogP contribution is 2.35. The molecule has 2 aliphatic rings. The maximum absolute atomic E-state index is 8.36. The average molecular weight is 413 g/mol. The Morgan fingerprint density at radius 3 is 2.66 bits per heavy atom. The lowest BCUT2D eigenvalue weighted by Crippen LogP contribution is -2.29. The van der Waals surface area contributed by atoms with Crippen LogP contribution in [0.4, 0.5) is 11.4 Å². The van der Waals surface area contributed by atoms with E-state index in [4.69, 9.17) is 27.1 Å². The SMILES string of the molecule is CCCCNC(=S)Nc1cccc2c3cccc(NC(C)C)c3nc-2c1.O=CO. The highest BCUT2D eigenvalue weighted by atomic mass is 32.1. The number of hydrogen-bond donors (Lipinski definition) is 4. The van der Waals surface area contributed by atoms with Crippen molar-refractivity contribution in [2.45, 2.75) is 39.7 Å². The fourth-order valence-electron chi connectivity index (χ4n) is 2.99. The molecule has 0 unspecified atom stereocenters. The fraction of sp³-hybridized carbons (Fsp3) is 0.318. The summed E-state index contributed by atoms with van der Waals surface area (Å²) < 4.78 is 0. The molecule has 29 heavy (non-hydrogen) atoms. The van der Waals surface area contributed by atoms with E-state index >= 15 is 0 Å². The van der Waals surface area contributed by atoms with Crippen LogP contribution in [0.1, 0.15) is 33.6 Å². The molecule has 0 bridgehead atoms. The van der Waals surface area contributed by atoms with Crippen molar-refractivity contribution in [3.63, 3.8) is 0 Å². The lowest BCUT2D eigenvalue weighted by molar-refractivity contribution is -0.122. The van der Waals surface area contributed by atoms with Gasteiger partial charge in [0.1, 0.15) is 0 Å². The first-order valence-electron chi connectivity index (χ1n) is 9.71. The van der Waals surface area contributed by atoms with E-state index in [1.165, 1.54) is 0 Å². The van der Waals surface area contributed by atoms with Gasteiger partial charge in [-0.3, -0.25) is 4.79 Å². The van der Waals surface area contributed by atoms with Gasteiger partial charge < -0.3 is 21.1 Å². The molecular weight excluding hydrogens is 384 g/mol. The number of benzene rings is 1. The number of rotatable bonds is 6. The van der Waals surface area contributed by atoms with Crippen molar-refractivity contribution in [1.82, 2.24) is 10.3 Å². The maximum atomic E-state index is 8.36. The Balaban J connectivity index is 0.000000941. The molecule has 154 valence electrons. The summed E-state index contributed by atoms with van der Waals surface area (Å²) in [6, 6.07) is 14.9. The van der Waals surface area contributed by atoms with Crippen LogP contribution < -0.4 is 16.0 Å². The van der Waals surface area contributed by atoms with Crippen LogP contribution in [0, 0.1) is 0 Å². The third-order valence-corrected chi connectivity index (χ3v) is 4.43. The van der Waals surface area contributed by atoms with Crippen LogP contribution >= 0.6 is 12.2 Å². The number of thiocarbonyl (C=S) groups is 1. The quantitative estimate of drug-likeness (QED) is 0.259. The Hall–Kier alpha value is -2.93. The Labute approximate surface area is 177 Å². The summed E-state index contributed by atoms with van der Waals surface area (Å²) in [6.45, 7) is 7.08. The molecule has 6 nitrogen and oxygen atoms in total. The molecule has 1 aromatic carbocycles. The molecule has 0 aromatic heterocycles. The number of nitrogens with one attached hydrogen (secondary N) is 3. The maximum Gasteiger partial charge on any atom is 0.290 e. The standard InChI is InChI=1S/C21H26N4S.CH2O2/c1-4-5-12-22-21(26)24-15-8-6-9-16-17-10-7-11-18(23-14(2)3)20(17)25-19(16)13-15;2-1-3/h6-11,13-14,23H,4-5,12H2,1-3H3,(H2,22,24,26);1H,(H,2,3). The van der Waals surface area contributed by atoms with Crippen LogP contribution in [0.3, 0.4) is 0 Å². The van der Waals surface area contributed by atoms with Gasteiger partial charge in [0.05, 0.1) is 16.9 Å². The molecule has 1 heterocycles. The first-order valence-corrected chi connectivity index (χ1v) is 10.1. The molecule has 0 atom stereocenters. The minimum Gasteiger partial charge on any atom is -0.483 e. The molecule has 1 aliphatic heterocycles. The topological polar surface area (TPSA) is 86.3 Å². The highest BCUT2D eigenvalue weighted by molar-refractivity contribution is 7.80. The van der Waals surface area contributed by atoms with Crippen molar-refractivity contribution >= 4 is 46.1 Å². The summed E-state index contributed by atoms with van der Waals surface area (Å²) >= 11 is 5.39. The highest BCUT2D eigenvalue weighted by Gasteiger charge is 2.14. The largest absolute Gasteiger partial charge is 0.483 e. The lowest BCUT2D eigenvalue weighted by Gasteiger charge is -2.10. The Morgan fingerprint density at radius 1 is 1.24 bits per heavy atom. The van der Waals surface area contributed by atoms with E-state index in [1.54, 1.807) is 0 Å². The molecule has 0 radical (unpaired) electrons. The van der Waals surface area contributed by atoms with E-state index in [-0.39, 0.29) is 6.47 Å². The molecule has 0 amide bonds. The van der Waals surface area contributed by atoms with Crippen LogP contribution in [-0.4, -0.2) is 34.3 Å². The first-order chi connectivity index (χ1) is 14.0. The van der Waals surface area contributed by atoms with Crippen molar-refractivity contribution < 1.29 is 9.90 Å². The van der Waals surface area contributed by atoms with Gasteiger partial charge in [0.25, 0.3) is 6.47 Å². The van der Waals surface area contributed by atoms with Crippen LogP contribution in [0.5, 0.6) is 0 Å². The molecule has 0 saturated heterocycles. The Bertz CT molecular complexity index is 930. The van der Waals surface area contributed by atoms with Crippen molar-refractivity contribution in [1.29, 1.82) is 0 Å². The zero-order valence-corrected chi connectivity index (χ0v) is 17.8. The number of anilines is 2. The van der Waals surface area contributed by atoms with Gasteiger partial charge >= 0.3 is 0 Å². The van der Waals surface area contributed by atoms with Gasteiger partial charge in [0.2, 0.25) is 0 Å². The van der Waals surface area contributed by atoms with Gasteiger partial charge in [-0.25, -0.2) is 4.98 Å². The lowest BCUT2D eigenvalue weighted by atomic mass is 10.1. The van der Waals surface area contributed by atoms with E-state index < -0.39 is 0 Å². The molecule has 1 aliphatic carbocycles. The molecule has 7 heteroatoms. The molecular formula is C22H28N4O2S. The number of hydrogen-bond acceptors (Lipinski definition) is 4. The second-order valence-corrected chi connectivity index (χ2v) is 7.29. The number of nitrogens with zero attached hydrogens (tertiary/aromatic N) is 1. The number of unbranched alkanes of at least 4 members (excludes halogenated alkanes) is 1. The predicted octanol–water partition coefficient (Wildman–Crippen LogP) is 4.95. The van der Waals surface area contributed by atoms with Gasteiger partial charge in [-0.1, -0.05) is 37.6 Å². The summed E-state index contributed by atoms with van der Waals surface area (Å²) in [4.78, 5) is 13.2. The minimum atomic E-state index is -0.250. The van der Waals surface area contributed by atoms with Crippen molar-refractivity contribution in [3.05, 3.63) is 42.5 Å². The number of carbonyl (C=O) groups is 1. The normalized spacial score (nSPS) is 10.3. The third kappa shape index (κ3) is 6.29. The summed E-state index contributed by atoms with van der Waals surface area (Å²) in [6.07, 6.45) is 2.25. The zero-order valence-electron chi connectivity index (χ0n) is 17.0. The van der Waals surface area contributed by atoms with Gasteiger partial charge in [-0.15, -0.1) is 0 Å². The summed E-state index contributed by atoms with van der Waals surface area (Å²) in [5, 5.41) is 18.7. The summed E-state index contributed by atoms with van der Waals surface area (Å²) in [7, 11) is 0. The molecule has 3 rings (SSSR count). The summed E-state index contributed by atoms with van der Waals surface area (Å²) in [5.74, 6) is 0. The fourth-order valence-corrected chi connectivity index (χ4v) is 3.21. The monoisotopic (exact) mass is 412 g/mol. The number of para-hydroxylation sites is 1. The van der Waals surface area contributed by atoms with E-state index in [0.29, 0.717) is 11.2 Å². The first kappa shape index (κ1) is 22.4. The zero-order chi connectivity index (χ0) is 21.2. The van der Waals surface area contributed by atoms with Crippen LogP contribution in [0.2, 0.25) is 0 Å². The van der Waals surface area contributed by atoms with Crippen LogP contribution in [0.15, 0.2) is 42.5 Å². The average Bonchev–Trinajstić information content (AvgIpc) is 2.88. The molecule has 0 spiro atoms. The Morgan fingerprint density at radius 2 is 1.97 bits per heavy atom. The number of aromatic nitrogens is 1. The van der Waals surface area contributed by atoms with Gasteiger partial charge in [0.15, 0.2) is 5.11 Å². The minimum absolute atomic E-state index is 0.250. The second kappa shape index (κ2) is 11.2. The number of carboxylic acid groups (broad SMARTS) is 1. The van der Waals surface area contributed by atoms with Crippen LogP contribution in [-0.2, 0) is 4.79 Å². The Kier molecular flexibility index (Phi) is 8.61. The third-order valence-electron chi connectivity index (χ3n) is 4.18. The molecule has 1 aromatic rings. The molecule has 0 saturated carbocycles. The van der Waals surface area contributed by atoms with E-state index in [2.05, 4.69) is 67.1 Å². The van der Waals surface area contributed by atoms with Gasteiger partial charge in [0, 0.05) is 29.2 Å². The van der Waals surface area contributed by atoms with Crippen molar-refractivity contribution in [2.24, 2.45) is 0 Å². The van der Waals surface area contributed by atoms with E-state index in [1.807, 2.05) is 12.1 Å². The molecule has 0 fully saturated rings. The van der Waals surface area contributed by atoms with Crippen molar-refractivity contribution in [2.75, 3.05) is 17.2 Å². The van der Waals surface area contributed by atoms with E-state index in [9.17, 15) is 0 Å². The summed E-state index contributed by atoms with van der Waals surface area (Å²) in [5.41, 5.74) is 5.13. The second-order valence-electron chi connectivity index (χ2n) is 6.88. The van der Waals surface area contributed by atoms with Crippen molar-refractivity contribution in [3.8, 4) is 11.3 Å². The molecule has 4 N–H and O–H groups in total. The van der Waals surface area contributed by atoms with Gasteiger partial charge in [-0.05, 0) is 50.7 Å². The van der Waals surface area contributed by atoms with E-state index in [0.717, 1.165) is 52.9 Å². The smallest absolute Gasteiger partial charge is 0.290 e. The van der Waals surface area contributed by atoms with Crippen LogP contribution in [0.25, 0.3) is 22.2 Å². The van der Waals surface area contributed by atoms with Gasteiger partial charge in [-0.2, -0.15) is 0 Å². The number of fused-ring (bicyclic) bond motifs is 3.